The van der Waals surface area contributed by atoms with Crippen LogP contribution in [0.2, 0.25) is 0 Å². The first-order valence-corrected chi connectivity index (χ1v) is 5.74. The molecule has 21 heavy (non-hydrogen) atoms. The van der Waals surface area contributed by atoms with Crippen molar-refractivity contribution >= 4 is 11.6 Å². The van der Waals surface area contributed by atoms with Crippen molar-refractivity contribution in [1.82, 2.24) is 0 Å². The number of alkyl halides is 3. The zero-order valence-electron chi connectivity index (χ0n) is 10.4. The predicted molar refractivity (Wildman–Crippen MR) is 67.5 cm³/mol. The molecule has 7 heteroatoms. The lowest BCUT2D eigenvalue weighted by atomic mass is 10.1. The highest BCUT2D eigenvalue weighted by atomic mass is 19.4. The SMILES string of the molecule is O=C(Nc1cccc(O)c1)c1ccc(F)c(C(F)(F)F)c1. The Balaban J connectivity index is 2.28. The van der Waals surface area contributed by atoms with Crippen molar-refractivity contribution < 1.29 is 27.5 Å². The summed E-state index contributed by atoms with van der Waals surface area (Å²) in [4.78, 5) is 11.8. The van der Waals surface area contributed by atoms with Crippen molar-refractivity contribution in [2.45, 2.75) is 6.18 Å². The van der Waals surface area contributed by atoms with Gasteiger partial charge >= 0.3 is 6.18 Å². The van der Waals surface area contributed by atoms with Crippen molar-refractivity contribution in [3.05, 3.63) is 59.4 Å². The van der Waals surface area contributed by atoms with Gasteiger partial charge in [-0.25, -0.2) is 4.39 Å². The Hall–Kier alpha value is -2.57. The van der Waals surface area contributed by atoms with Crippen LogP contribution in [0.1, 0.15) is 15.9 Å². The molecule has 2 rings (SSSR count). The van der Waals surface area contributed by atoms with Gasteiger partial charge in [-0.3, -0.25) is 4.79 Å². The van der Waals surface area contributed by atoms with Gasteiger partial charge in [0, 0.05) is 17.3 Å². The van der Waals surface area contributed by atoms with Crippen LogP contribution in [-0.4, -0.2) is 11.0 Å². The summed E-state index contributed by atoms with van der Waals surface area (Å²) in [7, 11) is 0. The number of hydrogen-bond acceptors (Lipinski definition) is 2. The molecule has 2 N–H and O–H groups in total. The molecule has 0 aliphatic rings. The van der Waals surface area contributed by atoms with Crippen molar-refractivity contribution in [3.8, 4) is 5.75 Å². The molecule has 2 aromatic carbocycles. The quantitative estimate of drug-likeness (QED) is 0.829. The van der Waals surface area contributed by atoms with Crippen LogP contribution in [0.4, 0.5) is 23.2 Å². The summed E-state index contributed by atoms with van der Waals surface area (Å²) >= 11 is 0. The number of nitrogens with one attached hydrogen (secondary N) is 1. The summed E-state index contributed by atoms with van der Waals surface area (Å²) in [6, 6.07) is 7.47. The van der Waals surface area contributed by atoms with Crippen LogP contribution < -0.4 is 5.32 Å². The smallest absolute Gasteiger partial charge is 0.419 e. The number of rotatable bonds is 2. The summed E-state index contributed by atoms with van der Waals surface area (Å²) < 4.78 is 50.8. The second-order valence-corrected chi connectivity index (χ2v) is 4.20. The number of carbonyl (C=O) groups excluding carboxylic acids is 1. The average molecular weight is 299 g/mol. The van der Waals surface area contributed by atoms with Gasteiger partial charge in [-0.15, -0.1) is 0 Å². The van der Waals surface area contributed by atoms with Gasteiger partial charge in [0.2, 0.25) is 0 Å². The van der Waals surface area contributed by atoms with E-state index in [1.807, 2.05) is 0 Å². The molecule has 0 saturated carbocycles. The molecule has 3 nitrogen and oxygen atoms in total. The van der Waals surface area contributed by atoms with E-state index in [0.29, 0.717) is 12.1 Å². The number of carbonyl (C=O) groups is 1. The van der Waals surface area contributed by atoms with E-state index in [-0.39, 0.29) is 17.0 Å². The number of aromatic hydroxyl groups is 1. The Morgan fingerprint density at radius 1 is 1.10 bits per heavy atom. The van der Waals surface area contributed by atoms with Crippen LogP contribution in [0.5, 0.6) is 5.75 Å². The van der Waals surface area contributed by atoms with Gasteiger partial charge in [0.05, 0.1) is 5.56 Å². The van der Waals surface area contributed by atoms with E-state index < -0.39 is 23.5 Å². The Labute approximate surface area is 116 Å². The highest BCUT2D eigenvalue weighted by Gasteiger charge is 2.34. The molecule has 110 valence electrons. The summed E-state index contributed by atoms with van der Waals surface area (Å²) in [5.74, 6) is -2.40. The highest BCUT2D eigenvalue weighted by molar-refractivity contribution is 6.04. The van der Waals surface area contributed by atoms with Crippen LogP contribution in [0.3, 0.4) is 0 Å². The lowest BCUT2D eigenvalue weighted by molar-refractivity contribution is -0.140. The minimum atomic E-state index is -4.88. The average Bonchev–Trinajstić information content (AvgIpc) is 2.37. The topological polar surface area (TPSA) is 49.3 Å². The minimum Gasteiger partial charge on any atom is -0.508 e. The molecule has 2 aromatic rings. The van der Waals surface area contributed by atoms with Crippen molar-refractivity contribution in [1.29, 1.82) is 0 Å². The molecule has 0 unspecified atom stereocenters. The first-order valence-electron chi connectivity index (χ1n) is 5.74. The van der Waals surface area contributed by atoms with Gasteiger partial charge in [-0.2, -0.15) is 13.2 Å². The van der Waals surface area contributed by atoms with Crippen LogP contribution in [-0.2, 0) is 6.18 Å². The zero-order chi connectivity index (χ0) is 15.6. The number of phenolic OH excluding ortho intramolecular Hbond substituents is 1. The highest BCUT2D eigenvalue weighted by Crippen LogP contribution is 2.32. The molecule has 0 radical (unpaired) electrons. The maximum atomic E-state index is 13.1. The second-order valence-electron chi connectivity index (χ2n) is 4.20. The maximum absolute atomic E-state index is 13.1. The molecule has 0 atom stereocenters. The fourth-order valence-corrected chi connectivity index (χ4v) is 1.67. The normalized spacial score (nSPS) is 11.2. The molecule has 1 amide bonds. The Bertz CT molecular complexity index is 683. The summed E-state index contributed by atoms with van der Waals surface area (Å²) in [5.41, 5.74) is -1.64. The number of benzene rings is 2. The third-order valence-electron chi connectivity index (χ3n) is 2.64. The Kier molecular flexibility index (Phi) is 3.84. The summed E-state index contributed by atoms with van der Waals surface area (Å²) in [6.07, 6.45) is -4.88. The number of phenols is 1. The van der Waals surface area contributed by atoms with E-state index in [9.17, 15) is 27.5 Å². The van der Waals surface area contributed by atoms with E-state index >= 15 is 0 Å². The standard InChI is InChI=1S/C14H9F4NO2/c15-12-5-4-8(6-11(12)14(16,17)18)13(21)19-9-2-1-3-10(20)7-9/h1-7,20H,(H,19,21). The second kappa shape index (κ2) is 5.43. The zero-order valence-corrected chi connectivity index (χ0v) is 10.4. The van der Waals surface area contributed by atoms with E-state index in [0.717, 1.165) is 6.07 Å². The third kappa shape index (κ3) is 3.50. The molecule has 0 aliphatic carbocycles. The lowest BCUT2D eigenvalue weighted by Gasteiger charge is -2.10. The molecule has 0 saturated heterocycles. The first-order chi connectivity index (χ1) is 9.77. The lowest BCUT2D eigenvalue weighted by Crippen LogP contribution is -2.15. The molecule has 0 heterocycles. The van der Waals surface area contributed by atoms with Crippen LogP contribution in [0.15, 0.2) is 42.5 Å². The fraction of sp³-hybridized carbons (Fsp3) is 0.0714. The van der Waals surface area contributed by atoms with E-state index in [1.54, 1.807) is 0 Å². The number of amides is 1. The summed E-state index contributed by atoms with van der Waals surface area (Å²) in [6.45, 7) is 0. The molecule has 0 fully saturated rings. The Morgan fingerprint density at radius 2 is 1.81 bits per heavy atom. The largest absolute Gasteiger partial charge is 0.508 e. The predicted octanol–water partition coefficient (Wildman–Crippen LogP) is 3.80. The van der Waals surface area contributed by atoms with Gasteiger partial charge in [0.1, 0.15) is 11.6 Å². The molecule has 0 bridgehead atoms. The fourth-order valence-electron chi connectivity index (χ4n) is 1.67. The van der Waals surface area contributed by atoms with E-state index in [2.05, 4.69) is 5.32 Å². The van der Waals surface area contributed by atoms with Gasteiger partial charge < -0.3 is 10.4 Å². The number of anilines is 1. The molecular weight excluding hydrogens is 290 g/mol. The summed E-state index contributed by atoms with van der Waals surface area (Å²) in [5, 5.41) is 11.5. The Morgan fingerprint density at radius 3 is 2.43 bits per heavy atom. The first kappa shape index (κ1) is 14.8. The number of hydrogen-bond donors (Lipinski definition) is 2. The molecule has 0 aromatic heterocycles. The third-order valence-corrected chi connectivity index (χ3v) is 2.64. The van der Waals surface area contributed by atoms with Crippen LogP contribution in [0.25, 0.3) is 0 Å². The van der Waals surface area contributed by atoms with E-state index in [4.69, 9.17) is 0 Å². The van der Waals surface area contributed by atoms with Crippen molar-refractivity contribution in [2.75, 3.05) is 5.32 Å². The maximum Gasteiger partial charge on any atom is 0.419 e. The molecule has 0 spiro atoms. The minimum absolute atomic E-state index is 0.108. The van der Waals surface area contributed by atoms with Crippen LogP contribution >= 0.6 is 0 Å². The molecule has 0 aliphatic heterocycles. The van der Waals surface area contributed by atoms with Gasteiger partial charge in [0.15, 0.2) is 0 Å². The van der Waals surface area contributed by atoms with E-state index in [1.165, 1.54) is 24.3 Å². The number of halogens is 4. The van der Waals surface area contributed by atoms with Gasteiger partial charge in [-0.05, 0) is 30.3 Å². The van der Waals surface area contributed by atoms with Crippen molar-refractivity contribution in [2.24, 2.45) is 0 Å². The monoisotopic (exact) mass is 299 g/mol. The van der Waals surface area contributed by atoms with Gasteiger partial charge in [-0.1, -0.05) is 6.07 Å². The van der Waals surface area contributed by atoms with Crippen LogP contribution in [0, 0.1) is 5.82 Å². The van der Waals surface area contributed by atoms with Gasteiger partial charge in [0.25, 0.3) is 5.91 Å². The molecular formula is C14H9F4NO2. The van der Waals surface area contributed by atoms with Crippen molar-refractivity contribution in [3.63, 3.8) is 0 Å².